The molecule has 1 aromatic rings. The molecule has 0 amide bonds. The Morgan fingerprint density at radius 2 is 2.18 bits per heavy atom. The van der Waals surface area contributed by atoms with E-state index in [0.717, 1.165) is 17.8 Å². The summed E-state index contributed by atoms with van der Waals surface area (Å²) in [5, 5.41) is 8.68. The summed E-state index contributed by atoms with van der Waals surface area (Å²) in [4.78, 5) is 12.9. The van der Waals surface area contributed by atoms with Crippen LogP contribution >= 0.6 is 0 Å². The van der Waals surface area contributed by atoms with Gasteiger partial charge >= 0.3 is 5.97 Å². The highest BCUT2D eigenvalue weighted by Gasteiger charge is 2.28. The third-order valence-corrected chi connectivity index (χ3v) is 2.98. The van der Waals surface area contributed by atoms with E-state index in [4.69, 9.17) is 5.11 Å². The Bertz CT molecular complexity index is 436. The lowest BCUT2D eigenvalue weighted by Crippen LogP contribution is -2.25. The van der Waals surface area contributed by atoms with Crippen molar-refractivity contribution in [3.8, 4) is 0 Å². The fourth-order valence-electron chi connectivity index (χ4n) is 2.06. The van der Waals surface area contributed by atoms with Gasteiger partial charge in [0.1, 0.15) is 0 Å². The van der Waals surface area contributed by atoms with Crippen molar-refractivity contribution in [2.75, 3.05) is 11.4 Å². The number of nitrogens with zero attached hydrogens (tertiary/aromatic N) is 1. The van der Waals surface area contributed by atoms with E-state index in [0.29, 0.717) is 6.04 Å². The average Bonchev–Trinajstić information content (AvgIpc) is 3.13. The molecule has 1 N–H and O–H groups in total. The largest absolute Gasteiger partial charge is 0.478 e. The Kier molecular flexibility index (Phi) is 3.47. The SMILES string of the molecule is CCN(c1ccccc1/C=C/C(=O)O)C1CC1. The predicted molar refractivity (Wildman–Crippen MR) is 69.2 cm³/mol. The minimum atomic E-state index is -0.908. The molecular formula is C14H17NO2. The van der Waals surface area contributed by atoms with Gasteiger partial charge < -0.3 is 10.0 Å². The zero-order chi connectivity index (χ0) is 12.3. The Morgan fingerprint density at radius 1 is 1.47 bits per heavy atom. The molecule has 1 aliphatic carbocycles. The van der Waals surface area contributed by atoms with Crippen molar-refractivity contribution in [2.24, 2.45) is 0 Å². The molecule has 0 aliphatic heterocycles. The smallest absolute Gasteiger partial charge is 0.328 e. The summed E-state index contributed by atoms with van der Waals surface area (Å²) in [5.41, 5.74) is 2.11. The van der Waals surface area contributed by atoms with Gasteiger partial charge in [-0.25, -0.2) is 4.79 Å². The van der Waals surface area contributed by atoms with Crippen LogP contribution in [0.1, 0.15) is 25.3 Å². The molecule has 0 radical (unpaired) electrons. The number of hydrogen-bond donors (Lipinski definition) is 1. The molecule has 3 nitrogen and oxygen atoms in total. The maximum atomic E-state index is 10.6. The van der Waals surface area contributed by atoms with Crippen LogP contribution in [-0.2, 0) is 4.79 Å². The molecule has 1 aromatic carbocycles. The number of benzene rings is 1. The van der Waals surface area contributed by atoms with Gasteiger partial charge in [0, 0.05) is 24.4 Å². The van der Waals surface area contributed by atoms with Crippen molar-refractivity contribution in [1.82, 2.24) is 0 Å². The van der Waals surface area contributed by atoms with Crippen molar-refractivity contribution in [2.45, 2.75) is 25.8 Å². The van der Waals surface area contributed by atoms with Crippen LogP contribution in [0.5, 0.6) is 0 Å². The number of carboxylic acid groups (broad SMARTS) is 1. The van der Waals surface area contributed by atoms with Gasteiger partial charge in [0.2, 0.25) is 0 Å². The van der Waals surface area contributed by atoms with Crippen molar-refractivity contribution in [3.63, 3.8) is 0 Å². The number of anilines is 1. The molecular weight excluding hydrogens is 214 g/mol. The summed E-state index contributed by atoms with van der Waals surface area (Å²) in [6, 6.07) is 8.59. The number of carboxylic acids is 1. The molecule has 0 bridgehead atoms. The van der Waals surface area contributed by atoms with Gasteiger partial charge in [-0.3, -0.25) is 0 Å². The van der Waals surface area contributed by atoms with Crippen LogP contribution in [0.3, 0.4) is 0 Å². The standard InChI is InChI=1S/C14H17NO2/c1-2-15(12-8-9-12)13-6-4-3-5-11(13)7-10-14(16)17/h3-7,10,12H,2,8-9H2,1H3,(H,16,17)/b10-7+. The second-order valence-electron chi connectivity index (χ2n) is 4.25. The lowest BCUT2D eigenvalue weighted by Gasteiger charge is -2.24. The van der Waals surface area contributed by atoms with E-state index in [1.165, 1.54) is 18.9 Å². The van der Waals surface area contributed by atoms with Gasteiger partial charge in [0.15, 0.2) is 0 Å². The number of carbonyl (C=O) groups is 1. The third-order valence-electron chi connectivity index (χ3n) is 2.98. The minimum absolute atomic E-state index is 0.638. The molecule has 17 heavy (non-hydrogen) atoms. The molecule has 1 fully saturated rings. The van der Waals surface area contributed by atoms with Gasteiger partial charge in [0.25, 0.3) is 0 Å². The number of hydrogen-bond acceptors (Lipinski definition) is 2. The second kappa shape index (κ2) is 5.04. The first-order chi connectivity index (χ1) is 8.22. The lowest BCUT2D eigenvalue weighted by molar-refractivity contribution is -0.131. The molecule has 0 unspecified atom stereocenters. The summed E-state index contributed by atoms with van der Waals surface area (Å²) in [5.74, 6) is -0.908. The van der Waals surface area contributed by atoms with Gasteiger partial charge in [-0.15, -0.1) is 0 Å². The van der Waals surface area contributed by atoms with Crippen LogP contribution in [0.2, 0.25) is 0 Å². The van der Waals surface area contributed by atoms with E-state index < -0.39 is 5.97 Å². The van der Waals surface area contributed by atoms with Gasteiger partial charge in [-0.2, -0.15) is 0 Å². The molecule has 0 heterocycles. The van der Waals surface area contributed by atoms with Crippen molar-refractivity contribution in [1.29, 1.82) is 0 Å². The highest BCUT2D eigenvalue weighted by Crippen LogP contribution is 2.33. The first kappa shape index (κ1) is 11.7. The zero-order valence-corrected chi connectivity index (χ0v) is 9.97. The van der Waals surface area contributed by atoms with Crippen molar-refractivity contribution < 1.29 is 9.90 Å². The molecule has 2 rings (SSSR count). The molecule has 1 saturated carbocycles. The Hall–Kier alpha value is -1.77. The Morgan fingerprint density at radius 3 is 2.76 bits per heavy atom. The molecule has 90 valence electrons. The summed E-state index contributed by atoms with van der Waals surface area (Å²) in [6.45, 7) is 3.10. The van der Waals surface area contributed by atoms with E-state index in [-0.39, 0.29) is 0 Å². The van der Waals surface area contributed by atoms with E-state index in [1.54, 1.807) is 6.08 Å². The highest BCUT2D eigenvalue weighted by atomic mass is 16.4. The van der Waals surface area contributed by atoms with Crippen molar-refractivity contribution in [3.05, 3.63) is 35.9 Å². The fourth-order valence-corrected chi connectivity index (χ4v) is 2.06. The third kappa shape index (κ3) is 2.87. The summed E-state index contributed by atoms with van der Waals surface area (Å²) < 4.78 is 0. The number of aliphatic carboxylic acids is 1. The van der Waals surface area contributed by atoms with Crippen molar-refractivity contribution >= 4 is 17.7 Å². The first-order valence-corrected chi connectivity index (χ1v) is 5.99. The predicted octanol–water partition coefficient (Wildman–Crippen LogP) is 2.77. The number of rotatable bonds is 5. The van der Waals surface area contributed by atoms with Crippen LogP contribution < -0.4 is 4.90 Å². The topological polar surface area (TPSA) is 40.5 Å². The lowest BCUT2D eigenvalue weighted by atomic mass is 10.1. The minimum Gasteiger partial charge on any atom is -0.478 e. The fraction of sp³-hybridized carbons (Fsp3) is 0.357. The van der Waals surface area contributed by atoms with E-state index in [1.807, 2.05) is 18.2 Å². The Balaban J connectivity index is 2.28. The molecule has 0 aromatic heterocycles. The van der Waals surface area contributed by atoms with Crippen LogP contribution in [-0.4, -0.2) is 23.7 Å². The van der Waals surface area contributed by atoms with Gasteiger partial charge in [-0.1, -0.05) is 18.2 Å². The molecule has 3 heteroatoms. The summed E-state index contributed by atoms with van der Waals surface area (Å²) >= 11 is 0. The van der Waals surface area contributed by atoms with E-state index in [9.17, 15) is 4.79 Å². The monoisotopic (exact) mass is 231 g/mol. The van der Waals surface area contributed by atoms with E-state index in [2.05, 4.69) is 17.9 Å². The quantitative estimate of drug-likeness (QED) is 0.792. The first-order valence-electron chi connectivity index (χ1n) is 5.99. The maximum absolute atomic E-state index is 10.6. The molecule has 0 atom stereocenters. The Labute approximate surface area is 101 Å². The maximum Gasteiger partial charge on any atom is 0.328 e. The van der Waals surface area contributed by atoms with Gasteiger partial charge in [0.05, 0.1) is 0 Å². The highest BCUT2D eigenvalue weighted by molar-refractivity contribution is 5.87. The van der Waals surface area contributed by atoms with Crippen LogP contribution in [0.4, 0.5) is 5.69 Å². The summed E-state index contributed by atoms with van der Waals surface area (Å²) in [7, 11) is 0. The molecule has 0 saturated heterocycles. The zero-order valence-electron chi connectivity index (χ0n) is 9.97. The molecule has 1 aliphatic rings. The number of para-hydroxylation sites is 1. The summed E-state index contributed by atoms with van der Waals surface area (Å²) in [6.07, 6.45) is 5.35. The van der Waals surface area contributed by atoms with Gasteiger partial charge in [-0.05, 0) is 37.5 Å². The average molecular weight is 231 g/mol. The van der Waals surface area contributed by atoms with E-state index >= 15 is 0 Å². The van der Waals surface area contributed by atoms with Crippen LogP contribution in [0, 0.1) is 0 Å². The normalized spacial score (nSPS) is 15.1. The second-order valence-corrected chi connectivity index (χ2v) is 4.25. The molecule has 0 spiro atoms. The van der Waals surface area contributed by atoms with Crippen LogP contribution in [0.15, 0.2) is 30.3 Å². The van der Waals surface area contributed by atoms with Crippen LogP contribution in [0.25, 0.3) is 6.08 Å².